The van der Waals surface area contributed by atoms with Gasteiger partial charge in [-0.2, -0.15) is 0 Å². The number of hydrogen-bond acceptors (Lipinski definition) is 3. The van der Waals surface area contributed by atoms with Crippen molar-refractivity contribution < 1.29 is 4.79 Å². The molecule has 0 fully saturated rings. The number of primary amides is 1. The Morgan fingerprint density at radius 2 is 2.29 bits per heavy atom. The van der Waals surface area contributed by atoms with Gasteiger partial charge in [0, 0.05) is 23.5 Å². The van der Waals surface area contributed by atoms with Gasteiger partial charge in [0.25, 0.3) is 0 Å². The number of carbonyl (C=O) groups is 1. The van der Waals surface area contributed by atoms with E-state index in [4.69, 9.17) is 5.73 Å². The fourth-order valence-electron chi connectivity index (χ4n) is 1.95. The van der Waals surface area contributed by atoms with Gasteiger partial charge < -0.3 is 10.6 Å². The molecule has 17 heavy (non-hydrogen) atoms. The zero-order chi connectivity index (χ0) is 11.8. The zero-order valence-corrected chi connectivity index (χ0v) is 9.13. The summed E-state index contributed by atoms with van der Waals surface area (Å²) in [5, 5.41) is 1.77. The van der Waals surface area contributed by atoms with Gasteiger partial charge in [-0.25, -0.2) is 0 Å². The van der Waals surface area contributed by atoms with Crippen molar-refractivity contribution in [3.63, 3.8) is 0 Å². The molecule has 4 heteroatoms. The van der Waals surface area contributed by atoms with E-state index in [1.165, 1.54) is 0 Å². The lowest BCUT2D eigenvalue weighted by atomic mass is 10.2. The van der Waals surface area contributed by atoms with Crippen LogP contribution < -0.4 is 16.3 Å². The van der Waals surface area contributed by atoms with Gasteiger partial charge in [-0.1, -0.05) is 12.1 Å². The molecule has 1 amide bonds. The molecule has 0 saturated heterocycles. The molecule has 4 nitrogen and oxygen atoms in total. The van der Waals surface area contributed by atoms with Crippen molar-refractivity contribution in [2.45, 2.75) is 0 Å². The first-order chi connectivity index (χ1) is 8.24. The van der Waals surface area contributed by atoms with Crippen LogP contribution in [0.2, 0.25) is 0 Å². The molecule has 0 radical (unpaired) electrons. The fourth-order valence-corrected chi connectivity index (χ4v) is 1.95. The second kappa shape index (κ2) is 3.59. The molecule has 3 rings (SSSR count). The van der Waals surface area contributed by atoms with Crippen molar-refractivity contribution in [3.05, 3.63) is 58.4 Å². The average molecular weight is 225 g/mol. The fraction of sp³-hybridized carbons (Fsp3) is 0.0769. The highest BCUT2D eigenvalue weighted by Gasteiger charge is 2.10. The highest BCUT2D eigenvalue weighted by molar-refractivity contribution is 5.92. The van der Waals surface area contributed by atoms with E-state index >= 15 is 0 Å². The Morgan fingerprint density at radius 1 is 1.41 bits per heavy atom. The van der Waals surface area contributed by atoms with E-state index in [1.807, 2.05) is 18.3 Å². The number of nitrogens with two attached hydrogens (primary N) is 1. The molecule has 0 saturated carbocycles. The summed E-state index contributed by atoms with van der Waals surface area (Å²) >= 11 is 0. The van der Waals surface area contributed by atoms with Crippen LogP contribution in [0.25, 0.3) is 6.20 Å². The molecule has 0 aromatic heterocycles. The van der Waals surface area contributed by atoms with E-state index < -0.39 is 5.91 Å². The lowest BCUT2D eigenvalue weighted by Gasteiger charge is -2.12. The standard InChI is InChI=1S/C13H11N3O/c14-13(17)9-3-4-10-8-16-5-1-2-11(16)7-15-12(10)6-9/h1-4,6-8H,5H2,(H2,14,17). The first-order valence-corrected chi connectivity index (χ1v) is 5.37. The van der Waals surface area contributed by atoms with E-state index in [0.29, 0.717) is 5.56 Å². The third-order valence-corrected chi connectivity index (χ3v) is 2.87. The molecular weight excluding hydrogens is 214 g/mol. The highest BCUT2D eigenvalue weighted by atomic mass is 16.1. The van der Waals surface area contributed by atoms with Crippen LogP contribution in [0.4, 0.5) is 0 Å². The van der Waals surface area contributed by atoms with Crippen molar-refractivity contribution in [1.82, 2.24) is 4.90 Å². The van der Waals surface area contributed by atoms with Crippen molar-refractivity contribution in [3.8, 4) is 0 Å². The SMILES string of the molecule is NC(=O)c1ccc2c(c1)=NC=C1C=CCN1C=2. The van der Waals surface area contributed by atoms with Crippen LogP contribution in [0.1, 0.15) is 10.4 Å². The number of amides is 1. The quantitative estimate of drug-likeness (QED) is 0.723. The third kappa shape index (κ3) is 1.63. The number of nitrogens with zero attached hydrogens (tertiary/aromatic N) is 2. The van der Waals surface area contributed by atoms with Gasteiger partial charge in [0.05, 0.1) is 17.3 Å². The van der Waals surface area contributed by atoms with Gasteiger partial charge in [-0.3, -0.25) is 9.79 Å². The zero-order valence-electron chi connectivity index (χ0n) is 9.13. The Hall–Kier alpha value is -2.36. The second-order valence-corrected chi connectivity index (χ2v) is 4.00. The maximum atomic E-state index is 11.1. The summed E-state index contributed by atoms with van der Waals surface area (Å²) in [4.78, 5) is 17.6. The lowest BCUT2D eigenvalue weighted by Crippen LogP contribution is -2.28. The highest BCUT2D eigenvalue weighted by Crippen LogP contribution is 2.14. The average Bonchev–Trinajstić information content (AvgIpc) is 2.68. The van der Waals surface area contributed by atoms with Gasteiger partial charge in [-0.15, -0.1) is 0 Å². The number of hydrogen-bond donors (Lipinski definition) is 1. The van der Waals surface area contributed by atoms with Crippen LogP contribution in [0, 0.1) is 0 Å². The molecule has 1 aromatic carbocycles. The van der Waals surface area contributed by atoms with Gasteiger partial charge >= 0.3 is 0 Å². The van der Waals surface area contributed by atoms with E-state index in [1.54, 1.807) is 18.3 Å². The Labute approximate surface area is 98.1 Å². The minimum absolute atomic E-state index is 0.430. The van der Waals surface area contributed by atoms with Crippen LogP contribution in [-0.4, -0.2) is 17.4 Å². The molecule has 2 aliphatic rings. The number of rotatable bonds is 1. The first kappa shape index (κ1) is 9.84. The molecule has 1 aromatic rings. The number of benzene rings is 1. The van der Waals surface area contributed by atoms with Gasteiger partial charge in [-0.05, 0) is 18.2 Å². The van der Waals surface area contributed by atoms with Crippen LogP contribution >= 0.6 is 0 Å². The summed E-state index contributed by atoms with van der Waals surface area (Å²) < 4.78 is 0. The smallest absolute Gasteiger partial charge is 0.248 e. The van der Waals surface area contributed by atoms with Crippen molar-refractivity contribution in [2.24, 2.45) is 10.7 Å². The molecule has 2 heterocycles. The minimum Gasteiger partial charge on any atom is -0.366 e. The van der Waals surface area contributed by atoms with E-state index in [-0.39, 0.29) is 0 Å². The van der Waals surface area contributed by atoms with E-state index in [0.717, 1.165) is 22.8 Å². The van der Waals surface area contributed by atoms with E-state index in [2.05, 4.69) is 16.0 Å². The molecule has 2 N–H and O–H groups in total. The van der Waals surface area contributed by atoms with Crippen LogP contribution in [0.5, 0.6) is 0 Å². The Morgan fingerprint density at radius 3 is 3.12 bits per heavy atom. The summed E-state index contributed by atoms with van der Waals surface area (Å²) in [6, 6.07) is 5.31. The monoisotopic (exact) mass is 225 g/mol. The lowest BCUT2D eigenvalue weighted by molar-refractivity contribution is 0.1000. The third-order valence-electron chi connectivity index (χ3n) is 2.87. The van der Waals surface area contributed by atoms with Crippen LogP contribution in [0.15, 0.2) is 47.2 Å². The molecule has 0 bridgehead atoms. The molecule has 0 atom stereocenters. The summed E-state index contributed by atoms with van der Waals surface area (Å²) in [6.45, 7) is 0.859. The molecule has 0 spiro atoms. The summed E-state index contributed by atoms with van der Waals surface area (Å²) in [5.74, 6) is -0.430. The minimum atomic E-state index is -0.430. The molecule has 2 aliphatic heterocycles. The summed E-state index contributed by atoms with van der Waals surface area (Å²) in [6.07, 6.45) is 7.94. The van der Waals surface area contributed by atoms with Gasteiger partial charge in [0.2, 0.25) is 5.91 Å². The predicted molar refractivity (Wildman–Crippen MR) is 64.1 cm³/mol. The second-order valence-electron chi connectivity index (χ2n) is 4.00. The van der Waals surface area contributed by atoms with Gasteiger partial charge in [0.1, 0.15) is 0 Å². The predicted octanol–water partition coefficient (Wildman–Crippen LogP) is -0.130. The summed E-state index contributed by atoms with van der Waals surface area (Å²) in [5.41, 5.74) is 6.79. The van der Waals surface area contributed by atoms with Crippen LogP contribution in [-0.2, 0) is 0 Å². The summed E-state index contributed by atoms with van der Waals surface area (Å²) in [7, 11) is 0. The largest absolute Gasteiger partial charge is 0.366 e. The Bertz CT molecular complexity index is 670. The number of allylic oxidation sites excluding steroid dienone is 1. The van der Waals surface area contributed by atoms with Crippen LogP contribution in [0.3, 0.4) is 0 Å². The number of carbonyl (C=O) groups excluding carboxylic acids is 1. The van der Waals surface area contributed by atoms with Gasteiger partial charge in [0.15, 0.2) is 0 Å². The Kier molecular flexibility index (Phi) is 2.08. The van der Waals surface area contributed by atoms with E-state index in [9.17, 15) is 4.79 Å². The van der Waals surface area contributed by atoms with Crippen molar-refractivity contribution >= 4 is 12.1 Å². The maximum absolute atomic E-state index is 11.1. The topological polar surface area (TPSA) is 58.7 Å². The molecule has 0 unspecified atom stereocenters. The van der Waals surface area contributed by atoms with Crippen molar-refractivity contribution in [2.75, 3.05) is 6.54 Å². The number of fused-ring (bicyclic) bond motifs is 2. The molecule has 84 valence electrons. The maximum Gasteiger partial charge on any atom is 0.248 e. The normalized spacial score (nSPS) is 16.2. The Balaban J connectivity index is 2.22. The first-order valence-electron chi connectivity index (χ1n) is 5.37. The van der Waals surface area contributed by atoms with Crippen molar-refractivity contribution in [1.29, 1.82) is 0 Å². The molecular formula is C13H11N3O. The molecule has 0 aliphatic carbocycles.